The lowest BCUT2D eigenvalue weighted by molar-refractivity contribution is -0.120. The van der Waals surface area contributed by atoms with E-state index in [4.69, 9.17) is 4.74 Å². The van der Waals surface area contributed by atoms with Crippen molar-refractivity contribution in [2.45, 2.75) is 58.7 Å². The highest BCUT2D eigenvalue weighted by atomic mass is 16.5. The summed E-state index contributed by atoms with van der Waals surface area (Å²) in [5, 5.41) is 3.02. The Labute approximate surface area is 220 Å². The highest BCUT2D eigenvalue weighted by molar-refractivity contribution is 6.10. The van der Waals surface area contributed by atoms with Gasteiger partial charge in [0.05, 0.1) is 11.3 Å². The summed E-state index contributed by atoms with van der Waals surface area (Å²) in [5.41, 5.74) is 4.84. The SMILES string of the molecule is CCc1ccc(CN2C(=O)c3cc(N(C)C)ccc3NC(=O)[C@@H]2Cc2ccc(OC(C)(C)C)cc2)cc1. The molecule has 0 aromatic heterocycles. The molecule has 37 heavy (non-hydrogen) atoms. The van der Waals surface area contributed by atoms with Crippen LogP contribution < -0.4 is 15.0 Å². The van der Waals surface area contributed by atoms with Gasteiger partial charge in [0.15, 0.2) is 0 Å². The van der Waals surface area contributed by atoms with Crippen molar-refractivity contribution in [2.75, 3.05) is 24.3 Å². The molecule has 6 nitrogen and oxygen atoms in total. The number of rotatable bonds is 7. The Morgan fingerprint density at radius 1 is 0.892 bits per heavy atom. The van der Waals surface area contributed by atoms with Crippen LogP contribution in [0, 0.1) is 0 Å². The van der Waals surface area contributed by atoms with E-state index in [1.54, 1.807) is 4.90 Å². The zero-order valence-electron chi connectivity index (χ0n) is 22.7. The van der Waals surface area contributed by atoms with Gasteiger partial charge in [-0.1, -0.05) is 43.3 Å². The second-order valence-electron chi connectivity index (χ2n) is 10.8. The van der Waals surface area contributed by atoms with Crippen molar-refractivity contribution in [3.63, 3.8) is 0 Å². The molecule has 0 saturated carbocycles. The monoisotopic (exact) mass is 499 g/mol. The van der Waals surface area contributed by atoms with Crippen molar-refractivity contribution in [1.29, 1.82) is 0 Å². The largest absolute Gasteiger partial charge is 0.488 e. The first-order valence-electron chi connectivity index (χ1n) is 12.8. The van der Waals surface area contributed by atoms with Crippen LogP contribution in [0.2, 0.25) is 0 Å². The minimum atomic E-state index is -0.664. The molecule has 2 amide bonds. The summed E-state index contributed by atoms with van der Waals surface area (Å²) in [6.07, 6.45) is 1.35. The third kappa shape index (κ3) is 6.31. The lowest BCUT2D eigenvalue weighted by Crippen LogP contribution is -2.46. The number of carbonyl (C=O) groups excluding carboxylic acids is 2. The number of nitrogens with zero attached hydrogens (tertiary/aromatic N) is 2. The quantitative estimate of drug-likeness (QED) is 0.453. The second-order valence-corrected chi connectivity index (χ2v) is 10.8. The zero-order valence-corrected chi connectivity index (χ0v) is 22.7. The van der Waals surface area contributed by atoms with Gasteiger partial charge in [0.2, 0.25) is 5.91 Å². The summed E-state index contributed by atoms with van der Waals surface area (Å²) in [4.78, 5) is 31.2. The van der Waals surface area contributed by atoms with Crippen molar-refractivity contribution >= 4 is 23.2 Å². The van der Waals surface area contributed by atoms with Crippen molar-refractivity contribution in [3.05, 3.63) is 89.0 Å². The van der Waals surface area contributed by atoms with Gasteiger partial charge in [0, 0.05) is 32.7 Å². The van der Waals surface area contributed by atoms with Crippen LogP contribution in [0.15, 0.2) is 66.7 Å². The van der Waals surface area contributed by atoms with Gasteiger partial charge in [-0.05, 0) is 74.2 Å². The first-order valence-corrected chi connectivity index (χ1v) is 12.8. The molecule has 1 heterocycles. The topological polar surface area (TPSA) is 61.9 Å². The molecule has 0 aliphatic carbocycles. The lowest BCUT2D eigenvalue weighted by Gasteiger charge is -2.29. The van der Waals surface area contributed by atoms with Crippen LogP contribution in [-0.2, 0) is 24.2 Å². The number of hydrogen-bond donors (Lipinski definition) is 1. The number of ether oxygens (including phenoxy) is 1. The maximum absolute atomic E-state index is 14.0. The standard InChI is InChI=1S/C31H37N3O3/c1-7-21-8-10-23(11-9-21)20-34-28(18-22-12-15-25(16-13-22)37-31(2,3)4)29(35)32-27-17-14-24(33(5)6)19-26(27)30(34)36/h8-17,19,28H,7,18,20H2,1-6H3,(H,32,35)/t28-/m0/s1. The van der Waals surface area contributed by atoms with Gasteiger partial charge in [0.1, 0.15) is 17.4 Å². The molecule has 0 bridgehead atoms. The van der Waals surface area contributed by atoms with Gasteiger partial charge in [-0.15, -0.1) is 0 Å². The smallest absolute Gasteiger partial charge is 0.257 e. The molecule has 3 aromatic carbocycles. The molecule has 6 heteroatoms. The third-order valence-corrected chi connectivity index (χ3v) is 6.51. The maximum Gasteiger partial charge on any atom is 0.257 e. The van der Waals surface area contributed by atoms with Crippen LogP contribution in [-0.4, -0.2) is 42.5 Å². The van der Waals surface area contributed by atoms with Crippen molar-refractivity contribution < 1.29 is 14.3 Å². The van der Waals surface area contributed by atoms with E-state index in [1.165, 1.54) is 5.56 Å². The number of anilines is 2. The summed E-state index contributed by atoms with van der Waals surface area (Å²) in [7, 11) is 3.87. The summed E-state index contributed by atoms with van der Waals surface area (Å²) < 4.78 is 5.95. The van der Waals surface area contributed by atoms with Crippen LogP contribution >= 0.6 is 0 Å². The third-order valence-electron chi connectivity index (χ3n) is 6.51. The fourth-order valence-electron chi connectivity index (χ4n) is 4.48. The number of aryl methyl sites for hydroxylation is 1. The van der Waals surface area contributed by atoms with E-state index in [9.17, 15) is 9.59 Å². The summed E-state index contributed by atoms with van der Waals surface area (Å²) in [6.45, 7) is 8.48. The Morgan fingerprint density at radius 3 is 2.11 bits per heavy atom. The Balaban J connectivity index is 1.69. The van der Waals surface area contributed by atoms with Crippen LogP contribution in [0.25, 0.3) is 0 Å². The van der Waals surface area contributed by atoms with E-state index in [0.29, 0.717) is 24.2 Å². The van der Waals surface area contributed by atoms with Gasteiger partial charge in [-0.2, -0.15) is 0 Å². The van der Waals surface area contributed by atoms with Crippen LogP contribution in [0.5, 0.6) is 5.75 Å². The maximum atomic E-state index is 14.0. The Hall–Kier alpha value is -3.80. The van der Waals surface area contributed by atoms with Gasteiger partial charge in [-0.3, -0.25) is 9.59 Å². The zero-order chi connectivity index (χ0) is 26.7. The van der Waals surface area contributed by atoms with E-state index in [-0.39, 0.29) is 17.4 Å². The molecular formula is C31H37N3O3. The van der Waals surface area contributed by atoms with E-state index < -0.39 is 6.04 Å². The Kier molecular flexibility index (Phi) is 7.58. The molecule has 1 N–H and O–H groups in total. The molecule has 3 aromatic rings. The number of amides is 2. The number of hydrogen-bond acceptors (Lipinski definition) is 4. The van der Waals surface area contributed by atoms with Crippen molar-refractivity contribution in [2.24, 2.45) is 0 Å². The molecular weight excluding hydrogens is 462 g/mol. The fraction of sp³-hybridized carbons (Fsp3) is 0.355. The minimum absolute atomic E-state index is 0.158. The van der Waals surface area contributed by atoms with Crippen LogP contribution in [0.3, 0.4) is 0 Å². The molecule has 0 radical (unpaired) electrons. The average molecular weight is 500 g/mol. The molecule has 1 aliphatic heterocycles. The van der Waals surface area contributed by atoms with Gasteiger partial charge < -0.3 is 19.9 Å². The van der Waals surface area contributed by atoms with Gasteiger partial charge >= 0.3 is 0 Å². The first kappa shape index (κ1) is 26.3. The van der Waals surface area contributed by atoms with E-state index in [1.807, 2.05) is 94.4 Å². The first-order chi connectivity index (χ1) is 17.5. The molecule has 0 fully saturated rings. The lowest BCUT2D eigenvalue weighted by atomic mass is 10.0. The highest BCUT2D eigenvalue weighted by Crippen LogP contribution is 2.30. The van der Waals surface area contributed by atoms with Gasteiger partial charge in [-0.25, -0.2) is 0 Å². The average Bonchev–Trinajstić information content (AvgIpc) is 2.94. The predicted molar refractivity (Wildman–Crippen MR) is 149 cm³/mol. The van der Waals surface area contributed by atoms with E-state index >= 15 is 0 Å². The molecule has 0 spiro atoms. The van der Waals surface area contributed by atoms with E-state index in [0.717, 1.165) is 29.0 Å². The van der Waals surface area contributed by atoms with Crippen molar-refractivity contribution in [1.82, 2.24) is 4.90 Å². The Morgan fingerprint density at radius 2 is 1.51 bits per heavy atom. The minimum Gasteiger partial charge on any atom is -0.488 e. The van der Waals surface area contributed by atoms with Crippen LogP contribution in [0.1, 0.15) is 54.7 Å². The molecule has 194 valence electrons. The summed E-state index contributed by atoms with van der Waals surface area (Å²) in [5.74, 6) is 0.424. The Bertz CT molecular complexity index is 1260. The normalized spacial score (nSPS) is 15.6. The second kappa shape index (κ2) is 10.7. The number of benzene rings is 3. The van der Waals surface area contributed by atoms with Gasteiger partial charge in [0.25, 0.3) is 5.91 Å². The molecule has 1 atom stereocenters. The molecule has 0 saturated heterocycles. The van der Waals surface area contributed by atoms with Crippen LogP contribution in [0.4, 0.5) is 11.4 Å². The number of carbonyl (C=O) groups is 2. The molecule has 0 unspecified atom stereocenters. The van der Waals surface area contributed by atoms with Crippen molar-refractivity contribution in [3.8, 4) is 5.75 Å². The summed E-state index contributed by atoms with van der Waals surface area (Å²) in [6, 6.07) is 20.9. The number of nitrogens with one attached hydrogen (secondary N) is 1. The fourth-order valence-corrected chi connectivity index (χ4v) is 4.48. The molecule has 4 rings (SSSR count). The number of fused-ring (bicyclic) bond motifs is 1. The molecule has 1 aliphatic rings. The summed E-state index contributed by atoms with van der Waals surface area (Å²) >= 11 is 0. The highest BCUT2D eigenvalue weighted by Gasteiger charge is 2.35. The predicted octanol–water partition coefficient (Wildman–Crippen LogP) is 5.70. The van der Waals surface area contributed by atoms with E-state index in [2.05, 4.69) is 24.4 Å².